The zero-order valence-electron chi connectivity index (χ0n) is 14.7. The van der Waals surface area contributed by atoms with Gasteiger partial charge in [0, 0.05) is 13.6 Å². The highest BCUT2D eigenvalue weighted by Gasteiger charge is 2.13. The van der Waals surface area contributed by atoms with Gasteiger partial charge in [-0.3, -0.25) is 9.59 Å². The van der Waals surface area contributed by atoms with Gasteiger partial charge >= 0.3 is 0 Å². The summed E-state index contributed by atoms with van der Waals surface area (Å²) >= 11 is 0. The van der Waals surface area contributed by atoms with Gasteiger partial charge in [0.25, 0.3) is 5.91 Å². The molecule has 0 saturated carbocycles. The van der Waals surface area contributed by atoms with Gasteiger partial charge in [-0.2, -0.15) is 0 Å². The average molecular weight is 352 g/mol. The normalized spacial score (nSPS) is 10.5. The zero-order chi connectivity index (χ0) is 18.5. The summed E-state index contributed by atoms with van der Waals surface area (Å²) in [5, 5.41) is 4.71. The summed E-state index contributed by atoms with van der Waals surface area (Å²) in [6.07, 6.45) is 1.41. The molecule has 0 aliphatic heterocycles. The van der Waals surface area contributed by atoms with Crippen molar-refractivity contribution in [2.24, 2.45) is 0 Å². The molecule has 2 amide bonds. The van der Waals surface area contributed by atoms with Crippen LogP contribution in [0, 0.1) is 0 Å². The van der Waals surface area contributed by atoms with Crippen LogP contribution in [0.5, 0.6) is 5.75 Å². The van der Waals surface area contributed by atoms with Crippen molar-refractivity contribution in [3.05, 3.63) is 66.1 Å². The number of rotatable bonds is 6. The number of fused-ring (bicyclic) bond motifs is 1. The minimum absolute atomic E-state index is 0.0825. The molecule has 0 aliphatic carbocycles. The molecule has 1 N–H and O–H groups in total. The smallest absolute Gasteiger partial charge is 0.287 e. The van der Waals surface area contributed by atoms with Crippen LogP contribution >= 0.6 is 0 Å². The Morgan fingerprint density at radius 1 is 1.12 bits per heavy atom. The quantitative estimate of drug-likeness (QED) is 0.740. The lowest BCUT2D eigenvalue weighted by Gasteiger charge is -2.18. The van der Waals surface area contributed by atoms with Crippen molar-refractivity contribution in [1.29, 1.82) is 0 Å². The molecular formula is C20H20N2O4. The van der Waals surface area contributed by atoms with E-state index in [1.54, 1.807) is 31.2 Å². The SMILES string of the molecule is COc1ccc2cc(CN(C)C(=O)CNC(=O)c3ccco3)ccc2c1. The third kappa shape index (κ3) is 4.03. The number of ether oxygens (including phenoxy) is 1. The molecule has 0 spiro atoms. The van der Waals surface area contributed by atoms with Crippen LogP contribution in [0.4, 0.5) is 0 Å². The first-order valence-corrected chi connectivity index (χ1v) is 8.19. The van der Waals surface area contributed by atoms with Crippen LogP contribution in [0.2, 0.25) is 0 Å². The van der Waals surface area contributed by atoms with E-state index in [1.807, 2.05) is 36.4 Å². The maximum Gasteiger partial charge on any atom is 0.287 e. The average Bonchev–Trinajstić information content (AvgIpc) is 3.20. The van der Waals surface area contributed by atoms with E-state index < -0.39 is 5.91 Å². The Kier molecular flexibility index (Phi) is 5.22. The van der Waals surface area contributed by atoms with Crippen molar-refractivity contribution in [2.45, 2.75) is 6.54 Å². The standard InChI is InChI=1S/C20H20N2O4/c1-22(19(23)12-21-20(24)18-4-3-9-26-18)13-14-5-6-16-11-17(25-2)8-7-15(16)10-14/h3-11H,12-13H2,1-2H3,(H,21,24). The number of nitrogens with zero attached hydrogens (tertiary/aromatic N) is 1. The maximum atomic E-state index is 12.2. The third-order valence-corrected chi connectivity index (χ3v) is 4.10. The fourth-order valence-corrected chi connectivity index (χ4v) is 2.65. The highest BCUT2D eigenvalue weighted by atomic mass is 16.5. The zero-order valence-corrected chi connectivity index (χ0v) is 14.7. The van der Waals surface area contributed by atoms with Gasteiger partial charge in [-0.15, -0.1) is 0 Å². The predicted molar refractivity (Wildman–Crippen MR) is 98.0 cm³/mol. The molecule has 3 rings (SSSR count). The largest absolute Gasteiger partial charge is 0.497 e. The van der Waals surface area contributed by atoms with Gasteiger partial charge in [-0.25, -0.2) is 0 Å². The first-order valence-electron chi connectivity index (χ1n) is 8.19. The van der Waals surface area contributed by atoms with Gasteiger partial charge in [0.15, 0.2) is 5.76 Å². The molecule has 134 valence electrons. The number of hydrogen-bond donors (Lipinski definition) is 1. The van der Waals surface area contributed by atoms with Crippen LogP contribution < -0.4 is 10.1 Å². The molecule has 0 radical (unpaired) electrons. The van der Waals surface area contributed by atoms with Crippen LogP contribution in [0.15, 0.2) is 59.2 Å². The second-order valence-corrected chi connectivity index (χ2v) is 5.96. The topological polar surface area (TPSA) is 71.8 Å². The molecule has 0 atom stereocenters. The van der Waals surface area contributed by atoms with Crippen molar-refractivity contribution in [3.8, 4) is 5.75 Å². The van der Waals surface area contributed by atoms with E-state index in [4.69, 9.17) is 9.15 Å². The molecule has 0 fully saturated rings. The minimum atomic E-state index is -0.406. The van der Waals surface area contributed by atoms with Gasteiger partial charge < -0.3 is 19.4 Å². The number of benzene rings is 2. The van der Waals surface area contributed by atoms with Crippen LogP contribution in [0.3, 0.4) is 0 Å². The van der Waals surface area contributed by atoms with E-state index in [2.05, 4.69) is 5.32 Å². The molecule has 0 saturated heterocycles. The number of nitrogens with one attached hydrogen (secondary N) is 1. The molecule has 6 nitrogen and oxygen atoms in total. The highest BCUT2D eigenvalue weighted by molar-refractivity contribution is 5.94. The first-order chi connectivity index (χ1) is 12.6. The summed E-state index contributed by atoms with van der Waals surface area (Å²) in [5.41, 5.74) is 1.01. The molecule has 26 heavy (non-hydrogen) atoms. The monoisotopic (exact) mass is 352 g/mol. The van der Waals surface area contributed by atoms with Gasteiger partial charge in [0.1, 0.15) is 5.75 Å². The van der Waals surface area contributed by atoms with E-state index in [0.717, 1.165) is 22.1 Å². The summed E-state index contributed by atoms with van der Waals surface area (Å²) in [6.45, 7) is 0.373. The van der Waals surface area contributed by atoms with E-state index in [9.17, 15) is 9.59 Å². The van der Waals surface area contributed by atoms with Crippen LogP contribution in [0.1, 0.15) is 16.1 Å². The molecule has 6 heteroatoms. The number of hydrogen-bond acceptors (Lipinski definition) is 4. The number of likely N-dealkylation sites (N-methyl/N-ethyl adjacent to an activating group) is 1. The lowest BCUT2D eigenvalue weighted by molar-refractivity contribution is -0.129. The Bertz CT molecular complexity index is 919. The summed E-state index contributed by atoms with van der Waals surface area (Å²) in [7, 11) is 3.35. The van der Waals surface area contributed by atoms with Crippen LogP contribution in [-0.4, -0.2) is 37.4 Å². The Hall–Kier alpha value is -3.28. The van der Waals surface area contributed by atoms with E-state index in [-0.39, 0.29) is 18.2 Å². The maximum absolute atomic E-state index is 12.2. The number of carbonyl (C=O) groups is 2. The number of methoxy groups -OCH3 is 1. The van der Waals surface area contributed by atoms with Crippen molar-refractivity contribution in [3.63, 3.8) is 0 Å². The molecule has 1 aromatic heterocycles. The number of furan rings is 1. The van der Waals surface area contributed by atoms with E-state index in [0.29, 0.717) is 6.54 Å². The Balaban J connectivity index is 1.59. The lowest BCUT2D eigenvalue weighted by Crippen LogP contribution is -2.37. The molecule has 0 unspecified atom stereocenters. The van der Waals surface area contributed by atoms with E-state index in [1.165, 1.54) is 6.26 Å². The Morgan fingerprint density at radius 2 is 1.88 bits per heavy atom. The number of carbonyl (C=O) groups excluding carboxylic acids is 2. The Morgan fingerprint density at radius 3 is 2.62 bits per heavy atom. The Labute approximate surface area is 151 Å². The van der Waals surface area contributed by atoms with E-state index >= 15 is 0 Å². The fourth-order valence-electron chi connectivity index (χ4n) is 2.65. The molecule has 0 bridgehead atoms. The second kappa shape index (κ2) is 7.74. The summed E-state index contributed by atoms with van der Waals surface area (Å²) in [5.74, 6) is 0.409. The summed E-state index contributed by atoms with van der Waals surface area (Å²) in [6, 6.07) is 15.1. The van der Waals surface area contributed by atoms with Gasteiger partial charge in [0.05, 0.1) is 19.9 Å². The van der Waals surface area contributed by atoms with Gasteiger partial charge in [-0.1, -0.05) is 18.2 Å². The molecular weight excluding hydrogens is 332 g/mol. The molecule has 2 aromatic carbocycles. The first kappa shape index (κ1) is 17.5. The third-order valence-electron chi connectivity index (χ3n) is 4.10. The second-order valence-electron chi connectivity index (χ2n) is 5.96. The van der Waals surface area contributed by atoms with Crippen molar-refractivity contribution in [1.82, 2.24) is 10.2 Å². The molecule has 1 heterocycles. The summed E-state index contributed by atoms with van der Waals surface area (Å²) in [4.78, 5) is 25.6. The summed E-state index contributed by atoms with van der Waals surface area (Å²) < 4.78 is 10.2. The minimum Gasteiger partial charge on any atom is -0.497 e. The van der Waals surface area contributed by atoms with Crippen molar-refractivity contribution < 1.29 is 18.7 Å². The van der Waals surface area contributed by atoms with Gasteiger partial charge in [-0.05, 0) is 46.7 Å². The lowest BCUT2D eigenvalue weighted by atomic mass is 10.1. The highest BCUT2D eigenvalue weighted by Crippen LogP contribution is 2.22. The fraction of sp³-hybridized carbons (Fsp3) is 0.200. The van der Waals surface area contributed by atoms with Gasteiger partial charge in [0.2, 0.25) is 5.91 Å². The molecule has 0 aliphatic rings. The number of amides is 2. The van der Waals surface area contributed by atoms with Crippen LogP contribution in [-0.2, 0) is 11.3 Å². The van der Waals surface area contributed by atoms with Crippen molar-refractivity contribution >= 4 is 22.6 Å². The van der Waals surface area contributed by atoms with Crippen molar-refractivity contribution in [2.75, 3.05) is 20.7 Å². The predicted octanol–water partition coefficient (Wildman–Crippen LogP) is 2.83. The van der Waals surface area contributed by atoms with Crippen LogP contribution in [0.25, 0.3) is 10.8 Å². The molecule has 3 aromatic rings.